The third-order valence-electron chi connectivity index (χ3n) is 3.81. The van der Waals surface area contributed by atoms with Gasteiger partial charge in [0.15, 0.2) is 0 Å². The molecule has 1 fully saturated rings. The summed E-state index contributed by atoms with van der Waals surface area (Å²) >= 11 is 13.6. The third kappa shape index (κ3) is 5.03. The van der Waals surface area contributed by atoms with Crippen molar-refractivity contribution in [2.24, 2.45) is 0 Å². The Kier molecular flexibility index (Phi) is 7.06. The van der Waals surface area contributed by atoms with Crippen molar-refractivity contribution in [2.75, 3.05) is 25.1 Å². The summed E-state index contributed by atoms with van der Waals surface area (Å²) in [5, 5.41) is 3.59. The van der Waals surface area contributed by atoms with Gasteiger partial charge in [0.05, 0.1) is 10.6 Å². The fourth-order valence-electron chi connectivity index (χ4n) is 2.56. The van der Waals surface area contributed by atoms with Crippen LogP contribution in [0.4, 0.5) is 0 Å². The zero-order chi connectivity index (χ0) is 16.8. The van der Waals surface area contributed by atoms with Crippen molar-refractivity contribution in [3.63, 3.8) is 0 Å². The number of nitrogens with zero attached hydrogens (tertiary/aromatic N) is 1. The molecule has 1 aromatic carbocycles. The Morgan fingerprint density at radius 1 is 1.30 bits per heavy atom. The van der Waals surface area contributed by atoms with Crippen molar-refractivity contribution in [3.05, 3.63) is 33.8 Å². The van der Waals surface area contributed by atoms with E-state index >= 15 is 0 Å². The number of hydrogen-bond donors (Lipinski definition) is 1. The summed E-state index contributed by atoms with van der Waals surface area (Å²) in [5.41, 5.74) is 0.333. The summed E-state index contributed by atoms with van der Waals surface area (Å²) in [4.78, 5) is 26.9. The molecule has 126 valence electrons. The van der Waals surface area contributed by atoms with Gasteiger partial charge in [-0.2, -0.15) is 11.8 Å². The molecule has 1 aliphatic heterocycles. The van der Waals surface area contributed by atoms with E-state index in [0.717, 1.165) is 31.7 Å². The maximum Gasteiger partial charge on any atom is 0.253 e. The SMILES string of the molecule is CSCC[C@@H](NC(=O)c1ccc(Cl)cc1Cl)C(=O)N1CCCC1. The average Bonchev–Trinajstić information content (AvgIpc) is 3.04. The Morgan fingerprint density at radius 3 is 2.61 bits per heavy atom. The molecule has 1 saturated heterocycles. The van der Waals surface area contributed by atoms with Crippen molar-refractivity contribution in [1.29, 1.82) is 0 Å². The van der Waals surface area contributed by atoms with Crippen molar-refractivity contribution >= 4 is 46.8 Å². The number of nitrogens with one attached hydrogen (secondary N) is 1. The lowest BCUT2D eigenvalue weighted by molar-refractivity contribution is -0.132. The Bertz CT molecular complexity index is 577. The van der Waals surface area contributed by atoms with Gasteiger partial charge < -0.3 is 10.2 Å². The van der Waals surface area contributed by atoms with E-state index in [4.69, 9.17) is 23.2 Å². The minimum Gasteiger partial charge on any atom is -0.341 e. The Morgan fingerprint density at radius 2 is 2.00 bits per heavy atom. The van der Waals surface area contributed by atoms with Gasteiger partial charge in [0.2, 0.25) is 5.91 Å². The highest BCUT2D eigenvalue weighted by molar-refractivity contribution is 7.98. The normalized spacial score (nSPS) is 15.5. The van der Waals surface area contributed by atoms with Crippen LogP contribution in [0.1, 0.15) is 29.6 Å². The van der Waals surface area contributed by atoms with Gasteiger partial charge in [0.1, 0.15) is 6.04 Å². The molecule has 23 heavy (non-hydrogen) atoms. The van der Waals surface area contributed by atoms with Crippen LogP contribution in [0.15, 0.2) is 18.2 Å². The maximum absolute atomic E-state index is 12.6. The molecule has 7 heteroatoms. The second-order valence-corrected chi connectivity index (χ2v) is 7.29. The minimum atomic E-state index is -0.514. The van der Waals surface area contributed by atoms with E-state index in [1.54, 1.807) is 23.9 Å². The zero-order valence-corrected chi connectivity index (χ0v) is 15.3. The highest BCUT2D eigenvalue weighted by Crippen LogP contribution is 2.21. The lowest BCUT2D eigenvalue weighted by Gasteiger charge is -2.24. The summed E-state index contributed by atoms with van der Waals surface area (Å²) in [7, 11) is 0. The fourth-order valence-corrected chi connectivity index (χ4v) is 3.53. The standard InChI is InChI=1S/C16H20Cl2N2O2S/c1-23-9-6-14(16(22)20-7-2-3-8-20)19-15(21)12-5-4-11(17)10-13(12)18/h4-5,10,14H,2-3,6-9H2,1H3,(H,19,21)/t14-/m1/s1. The lowest BCUT2D eigenvalue weighted by Crippen LogP contribution is -2.48. The number of amides is 2. The van der Waals surface area contributed by atoms with Crippen LogP contribution in [0.2, 0.25) is 10.0 Å². The molecule has 0 aromatic heterocycles. The van der Waals surface area contributed by atoms with Crippen LogP contribution in [-0.2, 0) is 4.79 Å². The molecule has 1 N–H and O–H groups in total. The number of rotatable bonds is 6. The monoisotopic (exact) mass is 374 g/mol. The van der Waals surface area contributed by atoms with Crippen LogP contribution in [0.3, 0.4) is 0 Å². The molecule has 0 aliphatic carbocycles. The molecule has 2 rings (SSSR count). The van der Waals surface area contributed by atoms with Crippen LogP contribution in [-0.4, -0.2) is 47.9 Å². The van der Waals surface area contributed by atoms with E-state index in [2.05, 4.69) is 5.32 Å². The quantitative estimate of drug-likeness (QED) is 0.829. The number of likely N-dealkylation sites (tertiary alicyclic amines) is 1. The largest absolute Gasteiger partial charge is 0.341 e. The molecular formula is C16H20Cl2N2O2S. The number of thioether (sulfide) groups is 1. The van der Waals surface area contributed by atoms with Gasteiger partial charge in [-0.3, -0.25) is 9.59 Å². The molecule has 1 heterocycles. The number of benzene rings is 1. The first-order valence-corrected chi connectivity index (χ1v) is 9.71. The van der Waals surface area contributed by atoms with Crippen molar-refractivity contribution < 1.29 is 9.59 Å². The summed E-state index contributed by atoms with van der Waals surface area (Å²) in [6.07, 6.45) is 4.64. The number of halogens is 2. The van der Waals surface area contributed by atoms with E-state index in [-0.39, 0.29) is 16.8 Å². The summed E-state index contributed by atoms with van der Waals surface area (Å²) < 4.78 is 0. The van der Waals surface area contributed by atoms with Gasteiger partial charge in [-0.15, -0.1) is 0 Å². The molecule has 0 radical (unpaired) electrons. The first kappa shape index (κ1) is 18.4. The highest BCUT2D eigenvalue weighted by Gasteiger charge is 2.28. The van der Waals surface area contributed by atoms with Crippen molar-refractivity contribution in [3.8, 4) is 0 Å². The molecular weight excluding hydrogens is 355 g/mol. The minimum absolute atomic E-state index is 0.00464. The predicted molar refractivity (Wildman–Crippen MR) is 96.5 cm³/mol. The molecule has 1 atom stereocenters. The smallest absolute Gasteiger partial charge is 0.253 e. The van der Waals surface area contributed by atoms with E-state index in [1.807, 2.05) is 11.2 Å². The molecule has 2 amide bonds. The second-order valence-electron chi connectivity index (χ2n) is 5.46. The summed E-state index contributed by atoms with van der Waals surface area (Å²) in [6, 6.07) is 4.20. The first-order valence-electron chi connectivity index (χ1n) is 7.56. The van der Waals surface area contributed by atoms with Crippen molar-refractivity contribution in [2.45, 2.75) is 25.3 Å². The van der Waals surface area contributed by atoms with Gasteiger partial charge >= 0.3 is 0 Å². The van der Waals surface area contributed by atoms with Gasteiger partial charge in [0, 0.05) is 18.1 Å². The molecule has 1 aromatic rings. The van der Waals surface area contributed by atoms with Crippen LogP contribution in [0.25, 0.3) is 0 Å². The molecule has 4 nitrogen and oxygen atoms in total. The first-order chi connectivity index (χ1) is 11.0. The van der Waals surface area contributed by atoms with Gasteiger partial charge in [-0.1, -0.05) is 23.2 Å². The molecule has 0 bridgehead atoms. The maximum atomic E-state index is 12.6. The fraction of sp³-hybridized carbons (Fsp3) is 0.500. The lowest BCUT2D eigenvalue weighted by atomic mass is 10.1. The zero-order valence-electron chi connectivity index (χ0n) is 13.0. The molecule has 1 aliphatic rings. The highest BCUT2D eigenvalue weighted by atomic mass is 35.5. The van der Waals surface area contributed by atoms with E-state index in [9.17, 15) is 9.59 Å². The van der Waals surface area contributed by atoms with Crippen LogP contribution < -0.4 is 5.32 Å². The van der Waals surface area contributed by atoms with Gasteiger partial charge in [-0.05, 0) is 49.5 Å². The molecule has 0 unspecified atom stereocenters. The Hall–Kier alpha value is -0.910. The summed E-state index contributed by atoms with van der Waals surface area (Å²) in [6.45, 7) is 1.54. The molecule has 0 spiro atoms. The van der Waals surface area contributed by atoms with Crippen LogP contribution >= 0.6 is 35.0 Å². The van der Waals surface area contributed by atoms with Crippen LogP contribution in [0.5, 0.6) is 0 Å². The van der Waals surface area contributed by atoms with Gasteiger partial charge in [-0.25, -0.2) is 0 Å². The number of hydrogen-bond acceptors (Lipinski definition) is 3. The van der Waals surface area contributed by atoms with E-state index in [0.29, 0.717) is 17.0 Å². The van der Waals surface area contributed by atoms with Gasteiger partial charge in [0.25, 0.3) is 5.91 Å². The topological polar surface area (TPSA) is 49.4 Å². The molecule has 0 saturated carbocycles. The van der Waals surface area contributed by atoms with Crippen molar-refractivity contribution in [1.82, 2.24) is 10.2 Å². The second kappa shape index (κ2) is 8.81. The number of carbonyl (C=O) groups is 2. The third-order valence-corrected chi connectivity index (χ3v) is 5.00. The Balaban J connectivity index is 2.09. The number of carbonyl (C=O) groups excluding carboxylic acids is 2. The predicted octanol–water partition coefficient (Wildman–Crippen LogP) is 3.47. The average molecular weight is 375 g/mol. The van der Waals surface area contributed by atoms with E-state index in [1.165, 1.54) is 6.07 Å². The van der Waals surface area contributed by atoms with Crippen LogP contribution in [0, 0.1) is 0 Å². The van der Waals surface area contributed by atoms with E-state index < -0.39 is 6.04 Å². The Labute approximate surface area is 150 Å². The summed E-state index contributed by atoms with van der Waals surface area (Å²) in [5.74, 6) is 0.457.